The molecule has 2 aromatic rings. The van der Waals surface area contributed by atoms with Gasteiger partial charge in [0.25, 0.3) is 0 Å². The summed E-state index contributed by atoms with van der Waals surface area (Å²) in [6.07, 6.45) is 1.17. The van der Waals surface area contributed by atoms with Gasteiger partial charge in [-0.05, 0) is 18.2 Å². The van der Waals surface area contributed by atoms with Crippen molar-refractivity contribution < 1.29 is 18.7 Å². The molecule has 0 unspecified atom stereocenters. The maximum Gasteiger partial charge on any atom is 0.338 e. The van der Waals surface area contributed by atoms with Crippen molar-refractivity contribution in [3.63, 3.8) is 0 Å². The number of halogens is 1. The number of benzene rings is 1. The van der Waals surface area contributed by atoms with Gasteiger partial charge in [0.15, 0.2) is 0 Å². The first-order chi connectivity index (χ1) is 8.58. The van der Waals surface area contributed by atoms with Crippen LogP contribution < -0.4 is 4.90 Å². The number of rotatable bonds is 4. The number of carbonyl (C=O) groups is 1. The van der Waals surface area contributed by atoms with E-state index in [2.05, 4.69) is 0 Å². The summed E-state index contributed by atoms with van der Waals surface area (Å²) in [5.74, 6) is -0.901. The monoisotopic (exact) mass is 249 g/mol. The molecule has 5 heteroatoms. The lowest BCUT2D eigenvalue weighted by Gasteiger charge is -2.18. The van der Waals surface area contributed by atoms with Crippen LogP contribution in [0.3, 0.4) is 0 Å². The lowest BCUT2D eigenvalue weighted by atomic mass is 10.2. The van der Waals surface area contributed by atoms with Gasteiger partial charge in [0.05, 0.1) is 17.8 Å². The Labute approximate surface area is 103 Å². The number of carboxylic acids is 1. The smallest absolute Gasteiger partial charge is 0.338 e. The van der Waals surface area contributed by atoms with E-state index in [1.165, 1.54) is 18.4 Å². The molecule has 1 heterocycles. The molecule has 4 nitrogen and oxygen atoms in total. The van der Waals surface area contributed by atoms with Crippen LogP contribution in [0.25, 0.3) is 0 Å². The van der Waals surface area contributed by atoms with Crippen molar-refractivity contribution >= 4 is 11.7 Å². The molecule has 0 aliphatic rings. The first-order valence-corrected chi connectivity index (χ1v) is 5.34. The summed E-state index contributed by atoms with van der Waals surface area (Å²) >= 11 is 0. The Bertz CT molecular complexity index is 565. The van der Waals surface area contributed by atoms with Crippen LogP contribution in [-0.4, -0.2) is 18.1 Å². The zero-order chi connectivity index (χ0) is 13.1. The molecule has 18 heavy (non-hydrogen) atoms. The zero-order valence-electron chi connectivity index (χ0n) is 9.76. The van der Waals surface area contributed by atoms with Crippen LogP contribution in [-0.2, 0) is 6.54 Å². The summed E-state index contributed by atoms with van der Waals surface area (Å²) in [4.78, 5) is 12.3. The fourth-order valence-corrected chi connectivity index (χ4v) is 1.66. The van der Waals surface area contributed by atoms with Gasteiger partial charge in [-0.25, -0.2) is 9.18 Å². The Hall–Kier alpha value is -2.30. The van der Waals surface area contributed by atoms with Gasteiger partial charge in [0.1, 0.15) is 17.8 Å². The molecule has 1 aromatic carbocycles. The fourth-order valence-electron chi connectivity index (χ4n) is 1.66. The SMILES string of the molecule is CN(Cc1cc(C(=O)O)co1)c1ccccc1F. The largest absolute Gasteiger partial charge is 0.478 e. The molecule has 0 amide bonds. The first-order valence-electron chi connectivity index (χ1n) is 5.34. The van der Waals surface area contributed by atoms with Crippen LogP contribution in [0.1, 0.15) is 16.1 Å². The van der Waals surface area contributed by atoms with Crippen LogP contribution in [0.4, 0.5) is 10.1 Å². The van der Waals surface area contributed by atoms with E-state index in [4.69, 9.17) is 9.52 Å². The molecular formula is C13H12FNO3. The van der Waals surface area contributed by atoms with E-state index in [-0.39, 0.29) is 11.4 Å². The maximum atomic E-state index is 13.5. The Balaban J connectivity index is 2.13. The van der Waals surface area contributed by atoms with Crippen molar-refractivity contribution in [1.29, 1.82) is 0 Å². The Kier molecular flexibility index (Phi) is 3.32. The lowest BCUT2D eigenvalue weighted by Crippen LogP contribution is -2.17. The number of furan rings is 1. The van der Waals surface area contributed by atoms with Gasteiger partial charge < -0.3 is 14.4 Å². The standard InChI is InChI=1S/C13H12FNO3/c1-15(12-5-3-2-4-11(12)14)7-10-6-9(8-18-10)13(16)17/h2-6,8H,7H2,1H3,(H,16,17). The van der Waals surface area contributed by atoms with Crippen LogP contribution in [0, 0.1) is 5.82 Å². The second-order valence-electron chi connectivity index (χ2n) is 3.91. The molecule has 0 atom stereocenters. The van der Waals surface area contributed by atoms with Crippen LogP contribution >= 0.6 is 0 Å². The average Bonchev–Trinajstić information content (AvgIpc) is 2.78. The highest BCUT2D eigenvalue weighted by Gasteiger charge is 2.12. The van der Waals surface area contributed by atoms with Crippen molar-refractivity contribution in [2.75, 3.05) is 11.9 Å². The fraction of sp³-hybridized carbons (Fsp3) is 0.154. The highest BCUT2D eigenvalue weighted by atomic mass is 19.1. The predicted molar refractivity (Wildman–Crippen MR) is 64.2 cm³/mol. The number of anilines is 1. The number of carboxylic acid groups (broad SMARTS) is 1. The van der Waals surface area contributed by atoms with Gasteiger partial charge in [-0.15, -0.1) is 0 Å². The molecule has 94 valence electrons. The molecule has 2 rings (SSSR count). The second-order valence-corrected chi connectivity index (χ2v) is 3.91. The van der Waals surface area contributed by atoms with Crippen molar-refractivity contribution in [3.05, 3.63) is 53.7 Å². The van der Waals surface area contributed by atoms with Crippen molar-refractivity contribution in [2.45, 2.75) is 6.54 Å². The first kappa shape index (κ1) is 12.2. The normalized spacial score (nSPS) is 10.3. The van der Waals surface area contributed by atoms with Crippen molar-refractivity contribution in [3.8, 4) is 0 Å². The second kappa shape index (κ2) is 4.91. The third-order valence-electron chi connectivity index (χ3n) is 2.56. The molecule has 0 aliphatic carbocycles. The Morgan fingerprint density at radius 1 is 1.44 bits per heavy atom. The minimum atomic E-state index is -1.04. The molecule has 1 N–H and O–H groups in total. The van der Waals surface area contributed by atoms with Gasteiger partial charge in [0.2, 0.25) is 0 Å². The topological polar surface area (TPSA) is 53.7 Å². The minimum Gasteiger partial charge on any atom is -0.478 e. The van der Waals surface area contributed by atoms with Crippen LogP contribution in [0.5, 0.6) is 0 Å². The Morgan fingerprint density at radius 2 is 2.17 bits per heavy atom. The lowest BCUT2D eigenvalue weighted by molar-refractivity contribution is 0.0696. The molecular weight excluding hydrogens is 237 g/mol. The number of hydrogen-bond donors (Lipinski definition) is 1. The summed E-state index contributed by atoms with van der Waals surface area (Å²) in [6, 6.07) is 7.80. The number of aromatic carboxylic acids is 1. The van der Waals surface area contributed by atoms with E-state index in [9.17, 15) is 9.18 Å². The molecule has 0 saturated carbocycles. The van der Waals surface area contributed by atoms with E-state index in [1.54, 1.807) is 30.1 Å². The maximum absolute atomic E-state index is 13.5. The van der Waals surface area contributed by atoms with Crippen LogP contribution in [0.15, 0.2) is 41.0 Å². The average molecular weight is 249 g/mol. The molecule has 1 aromatic heterocycles. The summed E-state index contributed by atoms with van der Waals surface area (Å²) in [6.45, 7) is 0.300. The summed E-state index contributed by atoms with van der Waals surface area (Å²) < 4.78 is 18.6. The van der Waals surface area contributed by atoms with Crippen molar-refractivity contribution in [2.24, 2.45) is 0 Å². The van der Waals surface area contributed by atoms with Crippen molar-refractivity contribution in [1.82, 2.24) is 0 Å². The number of nitrogens with zero attached hydrogens (tertiary/aromatic N) is 1. The van der Waals surface area contributed by atoms with Gasteiger partial charge in [-0.1, -0.05) is 12.1 Å². The van der Waals surface area contributed by atoms with E-state index in [0.717, 1.165) is 0 Å². The zero-order valence-corrected chi connectivity index (χ0v) is 9.76. The van der Waals surface area contributed by atoms with E-state index in [0.29, 0.717) is 18.0 Å². The highest BCUT2D eigenvalue weighted by Crippen LogP contribution is 2.20. The Morgan fingerprint density at radius 3 is 2.78 bits per heavy atom. The van der Waals surface area contributed by atoms with Gasteiger partial charge >= 0.3 is 5.97 Å². The third-order valence-corrected chi connectivity index (χ3v) is 2.56. The van der Waals surface area contributed by atoms with E-state index >= 15 is 0 Å². The van der Waals surface area contributed by atoms with Crippen LogP contribution in [0.2, 0.25) is 0 Å². The van der Waals surface area contributed by atoms with E-state index in [1.807, 2.05) is 0 Å². The third kappa shape index (κ3) is 2.51. The highest BCUT2D eigenvalue weighted by molar-refractivity contribution is 5.87. The van der Waals surface area contributed by atoms with Gasteiger partial charge in [-0.2, -0.15) is 0 Å². The molecule has 0 aliphatic heterocycles. The summed E-state index contributed by atoms with van der Waals surface area (Å²) in [7, 11) is 1.71. The quantitative estimate of drug-likeness (QED) is 0.905. The summed E-state index contributed by atoms with van der Waals surface area (Å²) in [5.41, 5.74) is 0.526. The molecule has 0 fully saturated rings. The molecule has 0 spiro atoms. The summed E-state index contributed by atoms with van der Waals surface area (Å²) in [5, 5.41) is 8.76. The molecule has 0 radical (unpaired) electrons. The van der Waals surface area contributed by atoms with Gasteiger partial charge in [0, 0.05) is 7.05 Å². The molecule has 0 bridgehead atoms. The molecule has 0 saturated heterocycles. The van der Waals surface area contributed by atoms with Gasteiger partial charge in [-0.3, -0.25) is 0 Å². The number of para-hydroxylation sites is 1. The predicted octanol–water partition coefficient (Wildman–Crippen LogP) is 2.75. The minimum absolute atomic E-state index is 0.0898. The number of hydrogen-bond acceptors (Lipinski definition) is 3. The van der Waals surface area contributed by atoms with E-state index < -0.39 is 5.97 Å².